The molecule has 0 radical (unpaired) electrons. The van der Waals surface area contributed by atoms with E-state index in [0.29, 0.717) is 11.6 Å². The zero-order valence-electron chi connectivity index (χ0n) is 13.7. The molecule has 1 aliphatic heterocycles. The van der Waals surface area contributed by atoms with E-state index in [1.54, 1.807) is 17.1 Å². The quantitative estimate of drug-likeness (QED) is 0.866. The van der Waals surface area contributed by atoms with Crippen molar-refractivity contribution in [1.82, 2.24) is 24.5 Å². The Morgan fingerprint density at radius 2 is 2.09 bits per heavy atom. The minimum atomic E-state index is -0.755. The van der Waals surface area contributed by atoms with E-state index in [-0.39, 0.29) is 11.9 Å². The molecule has 0 N–H and O–H groups in total. The van der Waals surface area contributed by atoms with Crippen molar-refractivity contribution in [2.24, 2.45) is 0 Å². The molecule has 0 unspecified atom stereocenters. The van der Waals surface area contributed by atoms with E-state index in [0.717, 1.165) is 24.9 Å². The van der Waals surface area contributed by atoms with Crippen molar-refractivity contribution in [1.29, 1.82) is 0 Å². The van der Waals surface area contributed by atoms with Gasteiger partial charge in [-0.2, -0.15) is 10.2 Å². The molecule has 3 rings (SSSR count). The molecule has 0 aliphatic carbocycles. The van der Waals surface area contributed by atoms with Gasteiger partial charge in [-0.05, 0) is 39.2 Å². The Morgan fingerprint density at radius 1 is 1.30 bits per heavy atom. The van der Waals surface area contributed by atoms with Crippen molar-refractivity contribution >= 4 is 17.5 Å². The normalized spacial score (nSPS) is 19.1. The molecule has 0 spiro atoms. The highest BCUT2D eigenvalue weighted by Crippen LogP contribution is 2.26. The number of aromatic nitrogens is 4. The van der Waals surface area contributed by atoms with Crippen molar-refractivity contribution in [3.8, 4) is 0 Å². The topological polar surface area (TPSA) is 56.0 Å². The molecule has 6 nitrogen and oxygen atoms in total. The summed E-state index contributed by atoms with van der Waals surface area (Å²) in [5.41, 5.74) is 0.384. The largest absolute Gasteiger partial charge is 0.338 e. The number of carbonyl (C=O) groups is 1. The highest BCUT2D eigenvalue weighted by Gasteiger charge is 2.37. The van der Waals surface area contributed by atoms with Gasteiger partial charge in [0.25, 0.3) is 0 Å². The fourth-order valence-corrected chi connectivity index (χ4v) is 3.22. The van der Waals surface area contributed by atoms with Gasteiger partial charge in [-0.25, -0.2) is 0 Å². The third-order valence-corrected chi connectivity index (χ3v) is 4.63. The summed E-state index contributed by atoms with van der Waals surface area (Å²) >= 11 is 5.94. The Balaban J connectivity index is 1.76. The number of aryl methyl sites for hydroxylation is 1. The molecule has 3 heterocycles. The molecule has 124 valence electrons. The summed E-state index contributed by atoms with van der Waals surface area (Å²) in [6, 6.07) is 0.235. The van der Waals surface area contributed by atoms with Gasteiger partial charge in [0.15, 0.2) is 0 Å². The lowest BCUT2D eigenvalue weighted by molar-refractivity contribution is -0.141. The van der Waals surface area contributed by atoms with E-state index in [9.17, 15) is 4.79 Å². The standard InChI is InChI=1S/C16H22ClN5O/c1-12-7-18-21(9-12)14-5-4-6-20(11-14)15(23)16(2,3)22-10-13(17)8-19-22/h7-10,14H,4-6,11H2,1-3H3/t14-/m0/s1. The lowest BCUT2D eigenvalue weighted by atomic mass is 9.99. The molecule has 2 aromatic heterocycles. The van der Waals surface area contributed by atoms with E-state index < -0.39 is 5.54 Å². The number of carbonyl (C=O) groups excluding carboxylic acids is 1. The number of piperidine rings is 1. The van der Waals surface area contributed by atoms with E-state index in [4.69, 9.17) is 11.6 Å². The lowest BCUT2D eigenvalue weighted by Crippen LogP contribution is -2.50. The van der Waals surface area contributed by atoms with E-state index >= 15 is 0 Å². The summed E-state index contributed by atoms with van der Waals surface area (Å²) in [4.78, 5) is 14.9. The van der Waals surface area contributed by atoms with E-state index in [1.165, 1.54) is 0 Å². The maximum Gasteiger partial charge on any atom is 0.250 e. The Kier molecular flexibility index (Phi) is 4.19. The predicted octanol–water partition coefficient (Wildman–Crippen LogP) is 2.64. The average molecular weight is 336 g/mol. The van der Waals surface area contributed by atoms with Crippen molar-refractivity contribution in [3.05, 3.63) is 35.4 Å². The van der Waals surface area contributed by atoms with Crippen LogP contribution in [0.2, 0.25) is 5.02 Å². The molecule has 0 aromatic carbocycles. The third-order valence-electron chi connectivity index (χ3n) is 4.44. The van der Waals surface area contributed by atoms with Crippen LogP contribution in [0.3, 0.4) is 0 Å². The first-order valence-corrected chi connectivity index (χ1v) is 8.26. The molecule has 7 heteroatoms. The second-order valence-corrected chi connectivity index (χ2v) is 7.14. The van der Waals surface area contributed by atoms with Gasteiger partial charge in [0.05, 0.1) is 23.5 Å². The molecular formula is C16H22ClN5O. The summed E-state index contributed by atoms with van der Waals surface area (Å²) in [6.07, 6.45) is 9.16. The zero-order chi connectivity index (χ0) is 16.6. The number of amides is 1. The van der Waals surface area contributed by atoms with Crippen LogP contribution in [0.4, 0.5) is 0 Å². The summed E-state index contributed by atoms with van der Waals surface area (Å²) < 4.78 is 3.62. The summed E-state index contributed by atoms with van der Waals surface area (Å²) in [5, 5.41) is 9.14. The number of halogens is 1. The third kappa shape index (κ3) is 3.13. The summed E-state index contributed by atoms with van der Waals surface area (Å²) in [6.45, 7) is 7.23. The van der Waals surface area contributed by atoms with Gasteiger partial charge in [-0.3, -0.25) is 14.2 Å². The van der Waals surface area contributed by atoms with Crippen LogP contribution in [0.5, 0.6) is 0 Å². The fourth-order valence-electron chi connectivity index (χ4n) is 3.08. The van der Waals surface area contributed by atoms with Gasteiger partial charge in [0.1, 0.15) is 5.54 Å². The molecule has 1 saturated heterocycles. The maximum atomic E-state index is 13.0. The van der Waals surface area contributed by atoms with Crippen molar-refractivity contribution < 1.29 is 4.79 Å². The molecule has 23 heavy (non-hydrogen) atoms. The first kappa shape index (κ1) is 16.1. The monoisotopic (exact) mass is 335 g/mol. The Hall–Kier alpha value is -1.82. The van der Waals surface area contributed by atoms with Gasteiger partial charge in [-0.15, -0.1) is 0 Å². The van der Waals surface area contributed by atoms with Crippen molar-refractivity contribution in [2.75, 3.05) is 13.1 Å². The molecule has 1 aliphatic rings. The lowest BCUT2D eigenvalue weighted by Gasteiger charge is -2.37. The summed E-state index contributed by atoms with van der Waals surface area (Å²) in [7, 11) is 0. The Labute approximate surface area is 141 Å². The van der Waals surface area contributed by atoms with Crippen LogP contribution in [0.15, 0.2) is 24.8 Å². The molecule has 1 fully saturated rings. The first-order valence-electron chi connectivity index (χ1n) is 7.88. The maximum absolute atomic E-state index is 13.0. The van der Waals surface area contributed by atoms with Crippen LogP contribution < -0.4 is 0 Å². The molecular weight excluding hydrogens is 314 g/mol. The average Bonchev–Trinajstić information content (AvgIpc) is 3.15. The van der Waals surface area contributed by atoms with Gasteiger partial charge >= 0.3 is 0 Å². The van der Waals surface area contributed by atoms with Crippen LogP contribution in [-0.4, -0.2) is 43.5 Å². The first-order chi connectivity index (χ1) is 10.9. The fraction of sp³-hybridized carbons (Fsp3) is 0.562. The smallest absolute Gasteiger partial charge is 0.250 e. The van der Waals surface area contributed by atoms with Crippen LogP contribution in [0.1, 0.15) is 38.3 Å². The molecule has 1 amide bonds. The molecule has 1 atom stereocenters. The van der Waals surface area contributed by atoms with Gasteiger partial charge in [0.2, 0.25) is 5.91 Å². The zero-order valence-corrected chi connectivity index (χ0v) is 14.5. The van der Waals surface area contributed by atoms with Crippen LogP contribution in [0.25, 0.3) is 0 Å². The second-order valence-electron chi connectivity index (χ2n) is 6.71. The van der Waals surface area contributed by atoms with Gasteiger partial charge < -0.3 is 4.90 Å². The number of rotatable bonds is 3. The molecule has 0 saturated carbocycles. The van der Waals surface area contributed by atoms with Crippen molar-refractivity contribution in [2.45, 2.75) is 45.2 Å². The minimum Gasteiger partial charge on any atom is -0.338 e. The number of hydrogen-bond donors (Lipinski definition) is 0. The highest BCUT2D eigenvalue weighted by atomic mass is 35.5. The predicted molar refractivity (Wildman–Crippen MR) is 88.4 cm³/mol. The SMILES string of the molecule is Cc1cnn([C@H]2CCCN(C(=O)C(C)(C)n3cc(Cl)cn3)C2)c1. The molecule has 0 bridgehead atoms. The van der Waals surface area contributed by atoms with E-state index in [1.807, 2.05) is 42.7 Å². The van der Waals surface area contributed by atoms with Crippen LogP contribution >= 0.6 is 11.6 Å². The number of nitrogens with zero attached hydrogens (tertiary/aromatic N) is 5. The van der Waals surface area contributed by atoms with Crippen LogP contribution in [0, 0.1) is 6.92 Å². The minimum absolute atomic E-state index is 0.0610. The number of hydrogen-bond acceptors (Lipinski definition) is 3. The highest BCUT2D eigenvalue weighted by molar-refractivity contribution is 6.30. The molecule has 2 aromatic rings. The van der Waals surface area contributed by atoms with Gasteiger partial charge in [-0.1, -0.05) is 11.6 Å². The van der Waals surface area contributed by atoms with E-state index in [2.05, 4.69) is 10.2 Å². The number of likely N-dealkylation sites (tertiary alicyclic amines) is 1. The van der Waals surface area contributed by atoms with Gasteiger partial charge in [0, 0.05) is 25.5 Å². The Morgan fingerprint density at radius 3 is 2.70 bits per heavy atom. The second kappa shape index (κ2) is 6.00. The Bertz CT molecular complexity index is 705. The van der Waals surface area contributed by atoms with Crippen LogP contribution in [-0.2, 0) is 10.3 Å². The summed E-state index contributed by atoms with van der Waals surface area (Å²) in [5.74, 6) is 0.0610. The van der Waals surface area contributed by atoms with Crippen molar-refractivity contribution in [3.63, 3.8) is 0 Å².